The molecule has 0 aromatic carbocycles. The Hall–Kier alpha value is -4.71. The zero-order valence-corrected chi connectivity index (χ0v) is 20.1. The van der Waals surface area contributed by atoms with E-state index in [0.29, 0.717) is 40.9 Å². The van der Waals surface area contributed by atoms with Crippen molar-refractivity contribution in [1.82, 2.24) is 40.5 Å². The van der Waals surface area contributed by atoms with Gasteiger partial charge in [-0.25, -0.2) is 9.97 Å². The normalized spacial score (nSPS) is 17.8. The monoisotopic (exact) mass is 499 g/mol. The number of hydrogen-bond donors (Lipinski definition) is 3. The van der Waals surface area contributed by atoms with E-state index in [0.717, 1.165) is 13.1 Å². The minimum absolute atomic E-state index is 0.0216. The molecule has 3 N–H and O–H groups in total. The molecule has 0 unspecified atom stereocenters. The first-order valence-electron chi connectivity index (χ1n) is 11.7. The molecular formula is C25H25N9O3. The highest BCUT2D eigenvalue weighted by molar-refractivity contribution is 6.02. The summed E-state index contributed by atoms with van der Waals surface area (Å²) in [6.45, 7) is 4.98. The number of likely N-dealkylation sites (tertiary alicyclic amines) is 1. The van der Waals surface area contributed by atoms with Crippen LogP contribution in [0.5, 0.6) is 0 Å². The van der Waals surface area contributed by atoms with Gasteiger partial charge in [-0.15, -0.1) is 0 Å². The van der Waals surface area contributed by atoms with E-state index >= 15 is 0 Å². The van der Waals surface area contributed by atoms with E-state index in [-0.39, 0.29) is 29.5 Å². The molecule has 2 atom stereocenters. The second kappa shape index (κ2) is 10.5. The second-order valence-corrected chi connectivity index (χ2v) is 8.78. The third-order valence-electron chi connectivity index (χ3n) is 5.98. The second-order valence-electron chi connectivity index (χ2n) is 8.78. The molecular weight excluding hydrogens is 474 g/mol. The van der Waals surface area contributed by atoms with Gasteiger partial charge in [-0.3, -0.25) is 14.7 Å². The molecule has 12 heteroatoms. The average Bonchev–Trinajstić information content (AvgIpc) is 3.62. The van der Waals surface area contributed by atoms with Crippen LogP contribution in [0.4, 0.5) is 5.82 Å². The fourth-order valence-electron chi connectivity index (χ4n) is 4.27. The standard InChI is InChI=1S/C25H25N9O3/c1-3-22(35)28-17-11-16(13-34(2)14-17)25-31-23(33-37-25)15-7-8-21(26-12-15)30-24(36)20-6-4-5-18(29-20)19-9-10-27-32-19/h3-10,12,16-17H,1,11,13-14H2,2H3,(H,27,32)(H,28,35)(H,26,30,36)/t16-,17+/m1/s1. The topological polar surface area (TPSA) is 155 Å². The van der Waals surface area contributed by atoms with Crippen LogP contribution in [0, 0.1) is 0 Å². The summed E-state index contributed by atoms with van der Waals surface area (Å²) in [5.41, 5.74) is 2.22. The molecule has 12 nitrogen and oxygen atoms in total. The van der Waals surface area contributed by atoms with E-state index < -0.39 is 0 Å². The molecule has 4 aromatic rings. The number of carbonyl (C=O) groups excluding carboxylic acids is 2. The van der Waals surface area contributed by atoms with Crippen molar-refractivity contribution in [2.24, 2.45) is 0 Å². The van der Waals surface area contributed by atoms with Crippen molar-refractivity contribution in [1.29, 1.82) is 0 Å². The minimum Gasteiger partial charge on any atom is -0.349 e. The van der Waals surface area contributed by atoms with Crippen LogP contribution in [0.15, 0.2) is 66.0 Å². The van der Waals surface area contributed by atoms with Crippen LogP contribution < -0.4 is 10.6 Å². The molecule has 188 valence electrons. The van der Waals surface area contributed by atoms with E-state index in [4.69, 9.17) is 4.52 Å². The molecule has 5 rings (SSSR count). The highest BCUT2D eigenvalue weighted by Gasteiger charge is 2.31. The number of anilines is 1. The van der Waals surface area contributed by atoms with Gasteiger partial charge in [0.2, 0.25) is 17.6 Å². The van der Waals surface area contributed by atoms with Crippen molar-refractivity contribution in [2.45, 2.75) is 18.4 Å². The first-order valence-corrected chi connectivity index (χ1v) is 11.7. The number of carbonyl (C=O) groups is 2. The van der Waals surface area contributed by atoms with Crippen molar-refractivity contribution in [3.8, 4) is 22.8 Å². The molecule has 4 aromatic heterocycles. The van der Waals surface area contributed by atoms with Gasteiger partial charge >= 0.3 is 0 Å². The molecule has 0 aliphatic carbocycles. The molecule has 5 heterocycles. The molecule has 0 spiro atoms. The highest BCUT2D eigenvalue weighted by Crippen LogP contribution is 2.27. The van der Waals surface area contributed by atoms with Crippen LogP contribution in [0.3, 0.4) is 0 Å². The molecule has 1 fully saturated rings. The van der Waals surface area contributed by atoms with Crippen molar-refractivity contribution in [3.05, 3.63) is 73.0 Å². The number of pyridine rings is 2. The Morgan fingerprint density at radius 1 is 1.19 bits per heavy atom. The predicted molar refractivity (Wildman–Crippen MR) is 134 cm³/mol. The number of rotatable bonds is 7. The summed E-state index contributed by atoms with van der Waals surface area (Å²) in [5, 5.41) is 16.5. The lowest BCUT2D eigenvalue weighted by Crippen LogP contribution is -2.48. The fourth-order valence-corrected chi connectivity index (χ4v) is 4.27. The lowest BCUT2D eigenvalue weighted by molar-refractivity contribution is -0.117. The maximum Gasteiger partial charge on any atom is 0.275 e. The van der Waals surface area contributed by atoms with Gasteiger partial charge in [-0.1, -0.05) is 17.8 Å². The maximum absolute atomic E-state index is 12.7. The predicted octanol–water partition coefficient (Wildman–Crippen LogP) is 2.26. The summed E-state index contributed by atoms with van der Waals surface area (Å²) in [6, 6.07) is 10.3. The van der Waals surface area contributed by atoms with Crippen LogP contribution in [0.2, 0.25) is 0 Å². The van der Waals surface area contributed by atoms with Crippen molar-refractivity contribution in [2.75, 3.05) is 25.5 Å². The number of likely N-dealkylation sites (N-methyl/N-ethyl adjacent to an activating group) is 1. The van der Waals surface area contributed by atoms with Gasteiger partial charge in [0, 0.05) is 37.1 Å². The first kappa shape index (κ1) is 24.0. The number of H-pyrrole nitrogens is 1. The van der Waals surface area contributed by atoms with E-state index in [9.17, 15) is 9.59 Å². The van der Waals surface area contributed by atoms with Crippen LogP contribution in [-0.4, -0.2) is 73.2 Å². The van der Waals surface area contributed by atoms with Crippen LogP contribution in [0.1, 0.15) is 28.7 Å². The Labute approximate surface area is 212 Å². The van der Waals surface area contributed by atoms with Crippen LogP contribution in [-0.2, 0) is 4.79 Å². The molecule has 0 bridgehead atoms. The van der Waals surface area contributed by atoms with Crippen molar-refractivity contribution >= 4 is 17.6 Å². The largest absolute Gasteiger partial charge is 0.349 e. The number of aromatic amines is 1. The van der Waals surface area contributed by atoms with Crippen molar-refractivity contribution < 1.29 is 14.1 Å². The van der Waals surface area contributed by atoms with Gasteiger partial charge in [0.25, 0.3) is 5.91 Å². The van der Waals surface area contributed by atoms with E-state index in [1.165, 1.54) is 6.08 Å². The number of aromatic nitrogens is 6. The van der Waals surface area contributed by atoms with Crippen molar-refractivity contribution in [3.63, 3.8) is 0 Å². The Kier molecular flexibility index (Phi) is 6.81. The molecule has 1 aliphatic rings. The van der Waals surface area contributed by atoms with Gasteiger partial charge in [0.15, 0.2) is 0 Å². The van der Waals surface area contributed by atoms with Gasteiger partial charge in [-0.2, -0.15) is 10.1 Å². The molecule has 37 heavy (non-hydrogen) atoms. The van der Waals surface area contributed by atoms with E-state index in [1.54, 1.807) is 48.8 Å². The zero-order valence-electron chi connectivity index (χ0n) is 20.1. The lowest BCUT2D eigenvalue weighted by Gasteiger charge is -2.34. The number of amides is 2. The smallest absolute Gasteiger partial charge is 0.275 e. The summed E-state index contributed by atoms with van der Waals surface area (Å²) in [7, 11) is 1.98. The van der Waals surface area contributed by atoms with E-state index in [1.807, 2.05) is 7.05 Å². The number of nitrogens with one attached hydrogen (secondary N) is 3. The van der Waals surface area contributed by atoms with Crippen LogP contribution >= 0.6 is 0 Å². The number of piperidine rings is 1. The Morgan fingerprint density at radius 2 is 2.08 bits per heavy atom. The maximum atomic E-state index is 12.7. The molecule has 2 amide bonds. The summed E-state index contributed by atoms with van der Waals surface area (Å²) in [4.78, 5) is 39.8. The van der Waals surface area contributed by atoms with E-state index in [2.05, 4.69) is 52.4 Å². The van der Waals surface area contributed by atoms with Gasteiger partial charge in [0.05, 0.1) is 17.3 Å². The summed E-state index contributed by atoms with van der Waals surface area (Å²) in [6.07, 6.45) is 5.14. The minimum atomic E-state index is -0.386. The first-order chi connectivity index (χ1) is 18.0. The molecule has 0 saturated carbocycles. The molecule has 1 aliphatic heterocycles. The highest BCUT2D eigenvalue weighted by atomic mass is 16.5. The number of hydrogen-bond acceptors (Lipinski definition) is 9. The lowest BCUT2D eigenvalue weighted by atomic mass is 9.94. The fraction of sp³-hybridized carbons (Fsp3) is 0.240. The third-order valence-corrected chi connectivity index (χ3v) is 5.98. The number of nitrogens with zero attached hydrogens (tertiary/aromatic N) is 6. The Bertz CT molecular complexity index is 1400. The third kappa shape index (κ3) is 5.59. The molecule has 1 saturated heterocycles. The SMILES string of the molecule is C=CC(=O)N[C@H]1C[C@@H](c2nc(-c3ccc(NC(=O)c4cccc(-c5ccn[nH]5)n4)nc3)no2)CN(C)C1. The van der Waals surface area contributed by atoms with Crippen LogP contribution in [0.25, 0.3) is 22.8 Å². The summed E-state index contributed by atoms with van der Waals surface area (Å²) < 4.78 is 5.55. The Morgan fingerprint density at radius 3 is 2.84 bits per heavy atom. The average molecular weight is 500 g/mol. The van der Waals surface area contributed by atoms with Gasteiger partial charge < -0.3 is 20.1 Å². The molecule has 0 radical (unpaired) electrons. The van der Waals surface area contributed by atoms with Gasteiger partial charge in [0.1, 0.15) is 11.5 Å². The Balaban J connectivity index is 1.24. The van der Waals surface area contributed by atoms with Gasteiger partial charge in [-0.05, 0) is 49.9 Å². The quantitative estimate of drug-likeness (QED) is 0.325. The zero-order chi connectivity index (χ0) is 25.8. The summed E-state index contributed by atoms with van der Waals surface area (Å²) >= 11 is 0. The summed E-state index contributed by atoms with van der Waals surface area (Å²) in [5.74, 6) is 0.648.